The molecule has 1 aromatic rings. The van der Waals surface area contributed by atoms with Gasteiger partial charge in [0.25, 0.3) is 0 Å². The van der Waals surface area contributed by atoms with Crippen LogP contribution in [0.4, 0.5) is 13.2 Å². The minimum absolute atomic E-state index is 0.102. The second kappa shape index (κ2) is 5.79. The number of hydrogen-bond acceptors (Lipinski definition) is 3. The van der Waals surface area contributed by atoms with E-state index in [2.05, 4.69) is 15.9 Å². The third kappa shape index (κ3) is 3.78. The summed E-state index contributed by atoms with van der Waals surface area (Å²) in [6, 6.07) is 2.77. The number of halogens is 4. The monoisotopic (exact) mass is 328 g/mol. The number of benzene rings is 1. The van der Waals surface area contributed by atoms with Crippen LogP contribution in [0.15, 0.2) is 16.6 Å². The van der Waals surface area contributed by atoms with Gasteiger partial charge >= 0.3 is 6.18 Å². The van der Waals surface area contributed by atoms with Crippen LogP contribution in [-0.4, -0.2) is 25.5 Å². The largest absolute Gasteiger partial charge is 0.493 e. The fourth-order valence-electron chi connectivity index (χ4n) is 1.45. The van der Waals surface area contributed by atoms with Gasteiger partial charge < -0.3 is 14.6 Å². The highest BCUT2D eigenvalue weighted by atomic mass is 79.9. The Balaban J connectivity index is 3.09. The first-order valence-electron chi connectivity index (χ1n) is 4.94. The number of ether oxygens (including phenoxy) is 2. The fraction of sp³-hybridized carbons (Fsp3) is 0.455. The standard InChI is InChI=1S/C11H12BrF3O3/c1-17-9-3-6(7(12)4-10(9)18-2)8(16)5-11(13,14)15/h3-4,8,16H,5H2,1-2H3. The molecule has 1 unspecified atom stereocenters. The van der Waals surface area contributed by atoms with Gasteiger partial charge in [-0.3, -0.25) is 0 Å². The molecule has 0 amide bonds. The molecule has 7 heteroatoms. The van der Waals surface area contributed by atoms with Crippen LogP contribution in [0.1, 0.15) is 18.1 Å². The van der Waals surface area contributed by atoms with Crippen LogP contribution in [0.3, 0.4) is 0 Å². The Morgan fingerprint density at radius 1 is 1.22 bits per heavy atom. The number of hydrogen-bond donors (Lipinski definition) is 1. The topological polar surface area (TPSA) is 38.7 Å². The Hall–Kier alpha value is -0.950. The average molecular weight is 329 g/mol. The first-order chi connectivity index (χ1) is 8.28. The summed E-state index contributed by atoms with van der Waals surface area (Å²) in [4.78, 5) is 0. The van der Waals surface area contributed by atoms with Crippen molar-refractivity contribution >= 4 is 15.9 Å². The molecule has 0 heterocycles. The van der Waals surface area contributed by atoms with Crippen molar-refractivity contribution in [3.8, 4) is 11.5 Å². The minimum atomic E-state index is -4.44. The van der Waals surface area contributed by atoms with Crippen molar-refractivity contribution < 1.29 is 27.8 Å². The lowest BCUT2D eigenvalue weighted by Crippen LogP contribution is -2.14. The van der Waals surface area contributed by atoms with E-state index in [1.165, 1.54) is 26.4 Å². The molecule has 1 atom stereocenters. The van der Waals surface area contributed by atoms with Crippen molar-refractivity contribution in [2.45, 2.75) is 18.7 Å². The molecular formula is C11H12BrF3O3. The van der Waals surface area contributed by atoms with E-state index in [4.69, 9.17) is 9.47 Å². The lowest BCUT2D eigenvalue weighted by atomic mass is 10.1. The van der Waals surface area contributed by atoms with Gasteiger partial charge in [-0.25, -0.2) is 0 Å². The zero-order valence-electron chi connectivity index (χ0n) is 9.71. The highest BCUT2D eigenvalue weighted by Gasteiger charge is 2.32. The molecule has 1 N–H and O–H groups in total. The van der Waals surface area contributed by atoms with Gasteiger partial charge in [-0.2, -0.15) is 13.2 Å². The van der Waals surface area contributed by atoms with Crippen LogP contribution in [0, 0.1) is 0 Å². The van der Waals surface area contributed by atoms with Gasteiger partial charge in [0.2, 0.25) is 0 Å². The van der Waals surface area contributed by atoms with Crippen molar-refractivity contribution in [3.05, 3.63) is 22.2 Å². The molecule has 0 fully saturated rings. The summed E-state index contributed by atoms with van der Waals surface area (Å²) in [5.41, 5.74) is 0.102. The van der Waals surface area contributed by atoms with Crippen LogP contribution in [-0.2, 0) is 0 Å². The van der Waals surface area contributed by atoms with Gasteiger partial charge in [0.15, 0.2) is 11.5 Å². The molecule has 0 aliphatic rings. The molecule has 18 heavy (non-hydrogen) atoms. The van der Waals surface area contributed by atoms with Crippen LogP contribution in [0.25, 0.3) is 0 Å². The quantitative estimate of drug-likeness (QED) is 0.920. The van der Waals surface area contributed by atoms with Crippen molar-refractivity contribution in [2.24, 2.45) is 0 Å². The normalized spacial score (nSPS) is 13.3. The molecule has 3 nitrogen and oxygen atoms in total. The highest BCUT2D eigenvalue weighted by Crippen LogP contribution is 2.39. The number of alkyl halides is 3. The van der Waals surface area contributed by atoms with Gasteiger partial charge in [-0.05, 0) is 17.7 Å². The van der Waals surface area contributed by atoms with Gasteiger partial charge in [0.1, 0.15) is 0 Å². The Morgan fingerprint density at radius 2 is 1.72 bits per heavy atom. The van der Waals surface area contributed by atoms with Crippen LogP contribution >= 0.6 is 15.9 Å². The molecule has 0 aromatic heterocycles. The fourth-order valence-corrected chi connectivity index (χ4v) is 2.04. The molecule has 0 saturated carbocycles. The molecule has 0 bridgehead atoms. The summed E-state index contributed by atoms with van der Waals surface area (Å²) in [7, 11) is 2.78. The predicted octanol–water partition coefficient (Wildman–Crippen LogP) is 3.45. The Kier molecular flexibility index (Phi) is 4.86. The summed E-state index contributed by atoms with van der Waals surface area (Å²) in [6.45, 7) is 0. The zero-order chi connectivity index (χ0) is 13.9. The van der Waals surface area contributed by atoms with Crippen LogP contribution in [0.2, 0.25) is 0 Å². The SMILES string of the molecule is COc1cc(Br)c(C(O)CC(F)(F)F)cc1OC. The number of aliphatic hydroxyl groups excluding tert-OH is 1. The number of rotatable bonds is 4. The van der Waals surface area contributed by atoms with Crippen molar-refractivity contribution in [1.29, 1.82) is 0 Å². The first kappa shape index (κ1) is 15.1. The predicted molar refractivity (Wildman–Crippen MR) is 62.9 cm³/mol. The maximum absolute atomic E-state index is 12.2. The van der Waals surface area contributed by atoms with Crippen molar-refractivity contribution in [2.75, 3.05) is 14.2 Å². The van der Waals surface area contributed by atoms with E-state index < -0.39 is 18.7 Å². The van der Waals surface area contributed by atoms with E-state index in [0.717, 1.165) is 0 Å². The average Bonchev–Trinajstić information content (AvgIpc) is 2.26. The van der Waals surface area contributed by atoms with Crippen molar-refractivity contribution in [1.82, 2.24) is 0 Å². The summed E-state index contributed by atoms with van der Waals surface area (Å²) in [6.07, 6.45) is -7.41. The lowest BCUT2D eigenvalue weighted by Gasteiger charge is -2.17. The summed E-state index contributed by atoms with van der Waals surface area (Å²) in [5, 5.41) is 9.57. The molecule has 1 aromatic carbocycles. The van der Waals surface area contributed by atoms with Crippen molar-refractivity contribution in [3.63, 3.8) is 0 Å². The second-order valence-electron chi connectivity index (χ2n) is 3.56. The van der Waals surface area contributed by atoms with E-state index in [-0.39, 0.29) is 11.3 Å². The van der Waals surface area contributed by atoms with E-state index in [1.807, 2.05) is 0 Å². The Labute approximate surface area is 111 Å². The molecule has 0 saturated heterocycles. The lowest BCUT2D eigenvalue weighted by molar-refractivity contribution is -0.154. The molecule has 0 spiro atoms. The second-order valence-corrected chi connectivity index (χ2v) is 4.42. The zero-order valence-corrected chi connectivity index (χ0v) is 11.3. The molecule has 0 radical (unpaired) electrons. The molecule has 0 aliphatic carbocycles. The van der Waals surface area contributed by atoms with Gasteiger partial charge in [0.05, 0.1) is 26.7 Å². The molecule has 102 valence electrons. The van der Waals surface area contributed by atoms with Gasteiger partial charge in [0, 0.05) is 4.47 Å². The first-order valence-corrected chi connectivity index (χ1v) is 5.74. The Bertz CT molecular complexity index is 421. The molecular weight excluding hydrogens is 317 g/mol. The van der Waals surface area contributed by atoms with Crippen LogP contribution < -0.4 is 9.47 Å². The maximum Gasteiger partial charge on any atom is 0.391 e. The third-order valence-corrected chi connectivity index (χ3v) is 2.97. The summed E-state index contributed by atoms with van der Waals surface area (Å²) < 4.78 is 47.0. The van der Waals surface area contributed by atoms with Gasteiger partial charge in [-0.15, -0.1) is 0 Å². The third-order valence-electron chi connectivity index (χ3n) is 2.29. The summed E-state index contributed by atoms with van der Waals surface area (Å²) in [5.74, 6) is 0.629. The van der Waals surface area contributed by atoms with E-state index >= 15 is 0 Å². The van der Waals surface area contributed by atoms with E-state index in [1.54, 1.807) is 0 Å². The number of methoxy groups -OCH3 is 2. The minimum Gasteiger partial charge on any atom is -0.493 e. The van der Waals surface area contributed by atoms with Crippen LogP contribution in [0.5, 0.6) is 11.5 Å². The number of aliphatic hydroxyl groups is 1. The molecule has 0 aliphatic heterocycles. The van der Waals surface area contributed by atoms with E-state index in [9.17, 15) is 18.3 Å². The smallest absolute Gasteiger partial charge is 0.391 e. The summed E-state index contributed by atoms with van der Waals surface area (Å²) >= 11 is 3.10. The van der Waals surface area contributed by atoms with E-state index in [0.29, 0.717) is 10.2 Å². The Morgan fingerprint density at radius 3 is 2.17 bits per heavy atom. The molecule has 1 rings (SSSR count). The highest BCUT2D eigenvalue weighted by molar-refractivity contribution is 9.10. The maximum atomic E-state index is 12.2. The van der Waals surface area contributed by atoms with Gasteiger partial charge in [-0.1, -0.05) is 15.9 Å².